The number of fused-ring (bicyclic) bond motifs is 1. The van der Waals surface area contributed by atoms with Crippen LogP contribution in [0.2, 0.25) is 0 Å². The van der Waals surface area contributed by atoms with Crippen LogP contribution in [-0.4, -0.2) is 31.1 Å². The third kappa shape index (κ3) is 4.66. The highest BCUT2D eigenvalue weighted by Crippen LogP contribution is 2.34. The number of benzene rings is 2. The number of rotatable bonds is 7. The molecule has 0 aliphatic rings. The number of halogens is 4. The number of nitrogens with two attached hydrogens (primary N) is 1. The van der Waals surface area contributed by atoms with Crippen LogP contribution in [0.15, 0.2) is 42.7 Å². The standard InChI is InChI=1S/C20H16F4N8O/c21-14-6-2-5-13(20(22,23)24)12(14)7-26-18-11-4-1-3-10(17(25)33)16(11)30-19(31-18)27-8-15-28-9-29-32-15/h1-6,9H,7-8H2,(H2,25,33)(H,28,29,32)(H2,26,27,30,31). The number of nitrogens with one attached hydrogen (secondary N) is 3. The fraction of sp³-hybridized carbons (Fsp3) is 0.150. The largest absolute Gasteiger partial charge is 0.416 e. The molecule has 0 radical (unpaired) electrons. The normalized spacial score (nSPS) is 11.5. The maximum Gasteiger partial charge on any atom is 0.416 e. The van der Waals surface area contributed by atoms with Crippen molar-refractivity contribution in [1.82, 2.24) is 25.1 Å². The van der Waals surface area contributed by atoms with Gasteiger partial charge in [0.2, 0.25) is 5.95 Å². The van der Waals surface area contributed by atoms with E-state index in [-0.39, 0.29) is 29.4 Å². The van der Waals surface area contributed by atoms with Gasteiger partial charge in [0, 0.05) is 17.5 Å². The maximum absolute atomic E-state index is 14.3. The first kappa shape index (κ1) is 21.9. The van der Waals surface area contributed by atoms with Gasteiger partial charge < -0.3 is 16.4 Å². The summed E-state index contributed by atoms with van der Waals surface area (Å²) in [6.07, 6.45) is -3.43. The van der Waals surface area contributed by atoms with Gasteiger partial charge in [0.1, 0.15) is 23.8 Å². The van der Waals surface area contributed by atoms with Crippen molar-refractivity contribution < 1.29 is 22.4 Å². The number of hydrogen-bond acceptors (Lipinski definition) is 7. The van der Waals surface area contributed by atoms with Crippen LogP contribution in [0.5, 0.6) is 0 Å². The minimum Gasteiger partial charge on any atom is -0.366 e. The molecule has 0 aliphatic heterocycles. The number of para-hydroxylation sites is 1. The first-order valence-corrected chi connectivity index (χ1v) is 9.51. The lowest BCUT2D eigenvalue weighted by atomic mass is 10.1. The summed E-state index contributed by atoms with van der Waals surface area (Å²) in [4.78, 5) is 24.4. The molecular formula is C20H16F4N8O. The Labute approximate surface area is 183 Å². The first-order chi connectivity index (χ1) is 15.7. The van der Waals surface area contributed by atoms with Crippen LogP contribution in [0, 0.1) is 5.82 Å². The highest BCUT2D eigenvalue weighted by atomic mass is 19.4. The lowest BCUT2D eigenvalue weighted by Gasteiger charge is -2.16. The Hall–Kier alpha value is -4.29. The van der Waals surface area contributed by atoms with Gasteiger partial charge in [-0.3, -0.25) is 9.89 Å². The Bertz CT molecular complexity index is 1310. The zero-order valence-electron chi connectivity index (χ0n) is 16.7. The summed E-state index contributed by atoms with van der Waals surface area (Å²) in [7, 11) is 0. The third-order valence-corrected chi connectivity index (χ3v) is 4.73. The third-order valence-electron chi connectivity index (χ3n) is 4.73. The van der Waals surface area contributed by atoms with E-state index in [4.69, 9.17) is 5.73 Å². The number of carbonyl (C=O) groups is 1. The highest BCUT2D eigenvalue weighted by Gasteiger charge is 2.34. The van der Waals surface area contributed by atoms with E-state index in [9.17, 15) is 22.4 Å². The van der Waals surface area contributed by atoms with Crippen LogP contribution in [0.1, 0.15) is 27.3 Å². The Morgan fingerprint density at radius 2 is 1.85 bits per heavy atom. The molecule has 1 amide bonds. The number of aromatic nitrogens is 5. The molecule has 5 N–H and O–H groups in total. The average Bonchev–Trinajstić information content (AvgIpc) is 3.29. The molecular weight excluding hydrogens is 444 g/mol. The molecule has 2 aromatic carbocycles. The molecule has 33 heavy (non-hydrogen) atoms. The summed E-state index contributed by atoms with van der Waals surface area (Å²) in [6, 6.07) is 7.29. The number of primary amides is 1. The van der Waals surface area contributed by atoms with Crippen LogP contribution in [0.3, 0.4) is 0 Å². The molecule has 0 bridgehead atoms. The van der Waals surface area contributed by atoms with Crippen molar-refractivity contribution in [3.8, 4) is 0 Å². The Morgan fingerprint density at radius 1 is 1.06 bits per heavy atom. The smallest absolute Gasteiger partial charge is 0.366 e. The second-order valence-electron chi connectivity index (χ2n) is 6.86. The number of carbonyl (C=O) groups excluding carboxylic acids is 1. The minimum atomic E-state index is -4.74. The van der Waals surface area contributed by atoms with Gasteiger partial charge >= 0.3 is 6.18 Å². The molecule has 13 heteroatoms. The fourth-order valence-corrected chi connectivity index (χ4v) is 3.22. The molecule has 2 heterocycles. The Morgan fingerprint density at radius 3 is 2.55 bits per heavy atom. The van der Waals surface area contributed by atoms with Gasteiger partial charge in [0.05, 0.1) is 23.2 Å². The summed E-state index contributed by atoms with van der Waals surface area (Å²) in [5.74, 6) is -1.17. The molecule has 0 saturated heterocycles. The van der Waals surface area contributed by atoms with Crippen LogP contribution >= 0.6 is 0 Å². The zero-order chi connectivity index (χ0) is 23.6. The summed E-state index contributed by atoms with van der Waals surface area (Å²) >= 11 is 0. The van der Waals surface area contributed by atoms with Crippen molar-refractivity contribution in [1.29, 1.82) is 0 Å². The van der Waals surface area contributed by atoms with E-state index >= 15 is 0 Å². The summed E-state index contributed by atoms with van der Waals surface area (Å²) < 4.78 is 54.3. The van der Waals surface area contributed by atoms with E-state index < -0.39 is 35.6 Å². The van der Waals surface area contributed by atoms with Crippen LogP contribution in [-0.2, 0) is 19.3 Å². The first-order valence-electron chi connectivity index (χ1n) is 9.51. The number of hydrogen-bond donors (Lipinski definition) is 4. The predicted molar refractivity (Wildman–Crippen MR) is 110 cm³/mol. The molecule has 0 atom stereocenters. The Balaban J connectivity index is 1.74. The molecule has 9 nitrogen and oxygen atoms in total. The van der Waals surface area contributed by atoms with E-state index in [0.29, 0.717) is 11.2 Å². The molecule has 0 fully saturated rings. The van der Waals surface area contributed by atoms with Crippen molar-refractivity contribution in [2.24, 2.45) is 5.73 Å². The molecule has 170 valence electrons. The van der Waals surface area contributed by atoms with Crippen molar-refractivity contribution in [3.05, 3.63) is 71.1 Å². The van der Waals surface area contributed by atoms with Crippen LogP contribution in [0.25, 0.3) is 10.9 Å². The number of anilines is 2. The summed E-state index contributed by atoms with van der Waals surface area (Å²) in [5, 5.41) is 12.3. The monoisotopic (exact) mass is 460 g/mol. The van der Waals surface area contributed by atoms with Gasteiger partial charge in [-0.2, -0.15) is 23.3 Å². The van der Waals surface area contributed by atoms with Gasteiger partial charge in [-0.25, -0.2) is 14.4 Å². The van der Waals surface area contributed by atoms with Crippen molar-refractivity contribution in [3.63, 3.8) is 0 Å². The van der Waals surface area contributed by atoms with Crippen molar-refractivity contribution >= 4 is 28.6 Å². The van der Waals surface area contributed by atoms with Crippen LogP contribution < -0.4 is 16.4 Å². The molecule has 0 aliphatic carbocycles. The van der Waals surface area contributed by atoms with Gasteiger partial charge in [0.25, 0.3) is 5.91 Å². The van der Waals surface area contributed by atoms with Gasteiger partial charge in [-0.1, -0.05) is 12.1 Å². The SMILES string of the molecule is NC(=O)c1cccc2c(NCc3c(F)cccc3C(F)(F)F)nc(NCc3ncn[nH]3)nc12. The van der Waals surface area contributed by atoms with E-state index in [1.54, 1.807) is 6.07 Å². The number of aromatic amines is 1. The second-order valence-corrected chi connectivity index (χ2v) is 6.86. The number of nitrogens with zero attached hydrogens (tertiary/aromatic N) is 4. The second kappa shape index (κ2) is 8.68. The fourth-order valence-electron chi connectivity index (χ4n) is 3.22. The topological polar surface area (TPSA) is 134 Å². The lowest BCUT2D eigenvalue weighted by Crippen LogP contribution is -2.16. The number of amides is 1. The van der Waals surface area contributed by atoms with Crippen LogP contribution in [0.4, 0.5) is 29.3 Å². The quantitative estimate of drug-likeness (QED) is 0.311. The molecule has 0 unspecified atom stereocenters. The maximum atomic E-state index is 14.3. The average molecular weight is 460 g/mol. The zero-order valence-corrected chi connectivity index (χ0v) is 16.7. The van der Waals surface area contributed by atoms with Crippen molar-refractivity contribution in [2.75, 3.05) is 10.6 Å². The molecule has 4 rings (SSSR count). The van der Waals surface area contributed by atoms with Crippen molar-refractivity contribution in [2.45, 2.75) is 19.3 Å². The number of H-pyrrole nitrogens is 1. The van der Waals surface area contributed by atoms with Gasteiger partial charge in [-0.05, 0) is 24.3 Å². The van der Waals surface area contributed by atoms with Gasteiger partial charge in [0.15, 0.2) is 0 Å². The molecule has 4 aromatic rings. The lowest BCUT2D eigenvalue weighted by molar-refractivity contribution is -0.138. The number of alkyl halides is 3. The molecule has 2 aromatic heterocycles. The van der Waals surface area contributed by atoms with E-state index in [0.717, 1.165) is 18.2 Å². The van der Waals surface area contributed by atoms with E-state index in [1.807, 2.05) is 0 Å². The highest BCUT2D eigenvalue weighted by molar-refractivity contribution is 6.07. The van der Waals surface area contributed by atoms with E-state index in [2.05, 4.69) is 35.8 Å². The summed E-state index contributed by atoms with van der Waals surface area (Å²) in [5.41, 5.74) is 4.03. The minimum absolute atomic E-state index is 0.0414. The van der Waals surface area contributed by atoms with E-state index in [1.165, 1.54) is 18.5 Å². The predicted octanol–water partition coefficient (Wildman–Crippen LogP) is 3.23. The summed E-state index contributed by atoms with van der Waals surface area (Å²) in [6.45, 7) is -0.370. The Kier molecular flexibility index (Phi) is 5.77. The molecule has 0 saturated carbocycles. The molecule has 0 spiro atoms. The van der Waals surface area contributed by atoms with Gasteiger partial charge in [-0.15, -0.1) is 0 Å².